The zero-order chi connectivity index (χ0) is 14.4. The van der Waals surface area contributed by atoms with Crippen LogP contribution in [-0.2, 0) is 0 Å². The largest absolute Gasteiger partial charge is 0.314 e. The maximum absolute atomic E-state index is 14.3. The van der Waals surface area contributed by atoms with Gasteiger partial charge in [0, 0.05) is 37.8 Å². The Kier molecular flexibility index (Phi) is 11.4. The second-order valence-corrected chi connectivity index (χ2v) is 5.85. The zero-order valence-electron chi connectivity index (χ0n) is 13.0. The summed E-state index contributed by atoms with van der Waals surface area (Å²) < 4.78 is 14.3. The third kappa shape index (κ3) is 5.86. The molecular weight excluding hydrogens is 346 g/mol. The highest BCUT2D eigenvalue weighted by atomic mass is 35.5. The topological polar surface area (TPSA) is 15.3 Å². The third-order valence-corrected chi connectivity index (χ3v) is 4.31. The fourth-order valence-electron chi connectivity index (χ4n) is 2.89. The van der Waals surface area contributed by atoms with Crippen molar-refractivity contribution in [2.24, 2.45) is 0 Å². The SMILES string of the molecule is CCCCC[C@@H](c1cccc(Cl)c1F)N1CCNCC1.Cl.Cl. The smallest absolute Gasteiger partial charge is 0.146 e. The minimum Gasteiger partial charge on any atom is -0.314 e. The Hall–Kier alpha value is -0.0600. The van der Waals surface area contributed by atoms with Gasteiger partial charge in [0.25, 0.3) is 0 Å². The summed E-state index contributed by atoms with van der Waals surface area (Å²) in [6, 6.07) is 5.53. The molecule has 1 atom stereocenters. The van der Waals surface area contributed by atoms with Crippen LogP contribution >= 0.6 is 36.4 Å². The second-order valence-electron chi connectivity index (χ2n) is 5.44. The van der Waals surface area contributed by atoms with E-state index in [-0.39, 0.29) is 41.7 Å². The van der Waals surface area contributed by atoms with Gasteiger partial charge in [-0.1, -0.05) is 49.9 Å². The number of piperazine rings is 1. The summed E-state index contributed by atoms with van der Waals surface area (Å²) in [7, 11) is 0. The lowest BCUT2D eigenvalue weighted by Gasteiger charge is -2.35. The lowest BCUT2D eigenvalue weighted by Crippen LogP contribution is -2.45. The van der Waals surface area contributed by atoms with Gasteiger partial charge in [0.1, 0.15) is 5.82 Å². The first-order valence-electron chi connectivity index (χ1n) is 7.62. The van der Waals surface area contributed by atoms with Crippen LogP contribution in [0.4, 0.5) is 4.39 Å². The summed E-state index contributed by atoms with van der Waals surface area (Å²) in [5, 5.41) is 3.59. The molecule has 0 radical (unpaired) electrons. The van der Waals surface area contributed by atoms with Gasteiger partial charge in [-0.05, 0) is 12.5 Å². The molecule has 1 aliphatic rings. The molecule has 0 aromatic heterocycles. The number of unbranched alkanes of at least 4 members (excludes halogenated alkanes) is 2. The third-order valence-electron chi connectivity index (χ3n) is 4.01. The van der Waals surface area contributed by atoms with Crippen LogP contribution in [0.3, 0.4) is 0 Å². The Morgan fingerprint density at radius 1 is 1.23 bits per heavy atom. The van der Waals surface area contributed by atoms with E-state index in [1.54, 1.807) is 6.07 Å². The molecule has 1 fully saturated rings. The van der Waals surface area contributed by atoms with Gasteiger partial charge in [-0.25, -0.2) is 4.39 Å². The molecule has 0 amide bonds. The van der Waals surface area contributed by atoms with Crippen molar-refractivity contribution < 1.29 is 4.39 Å². The van der Waals surface area contributed by atoms with Crippen LogP contribution in [-0.4, -0.2) is 31.1 Å². The van der Waals surface area contributed by atoms with Crippen molar-refractivity contribution >= 4 is 36.4 Å². The van der Waals surface area contributed by atoms with Crippen LogP contribution in [0.5, 0.6) is 0 Å². The summed E-state index contributed by atoms with van der Waals surface area (Å²) in [4.78, 5) is 2.39. The fraction of sp³-hybridized carbons (Fsp3) is 0.625. The van der Waals surface area contributed by atoms with Crippen LogP contribution in [0.25, 0.3) is 0 Å². The lowest BCUT2D eigenvalue weighted by molar-refractivity contribution is 0.159. The molecule has 1 aromatic rings. The molecule has 2 nitrogen and oxygen atoms in total. The maximum atomic E-state index is 14.3. The molecule has 1 heterocycles. The summed E-state index contributed by atoms with van der Waals surface area (Å²) in [6.07, 6.45) is 4.53. The molecule has 1 aliphatic heterocycles. The molecule has 0 bridgehead atoms. The summed E-state index contributed by atoms with van der Waals surface area (Å²) >= 11 is 5.95. The molecule has 6 heteroatoms. The molecule has 0 unspecified atom stereocenters. The van der Waals surface area contributed by atoms with Gasteiger partial charge in [0.2, 0.25) is 0 Å². The highest BCUT2D eigenvalue weighted by molar-refractivity contribution is 6.30. The minimum absolute atomic E-state index is 0. The Balaban J connectivity index is 0.00000220. The summed E-state index contributed by atoms with van der Waals surface area (Å²) in [6.45, 7) is 6.10. The highest BCUT2D eigenvalue weighted by Crippen LogP contribution is 2.31. The van der Waals surface area contributed by atoms with Gasteiger partial charge in [-0.2, -0.15) is 0 Å². The first kappa shape index (κ1) is 21.9. The molecular formula is C16H26Cl3FN2. The molecule has 0 spiro atoms. The Bertz CT molecular complexity index is 426. The van der Waals surface area contributed by atoms with Crippen LogP contribution in [0.1, 0.15) is 44.2 Å². The van der Waals surface area contributed by atoms with E-state index in [1.165, 1.54) is 12.8 Å². The van der Waals surface area contributed by atoms with Gasteiger partial charge >= 0.3 is 0 Å². The number of nitrogens with zero attached hydrogens (tertiary/aromatic N) is 1. The van der Waals surface area contributed by atoms with Crippen molar-refractivity contribution in [2.45, 2.75) is 38.6 Å². The normalized spacial score (nSPS) is 16.5. The van der Waals surface area contributed by atoms with Crippen molar-refractivity contribution in [3.63, 3.8) is 0 Å². The Morgan fingerprint density at radius 3 is 2.55 bits per heavy atom. The van der Waals surface area contributed by atoms with Crippen molar-refractivity contribution in [1.29, 1.82) is 0 Å². The monoisotopic (exact) mass is 370 g/mol. The van der Waals surface area contributed by atoms with E-state index in [4.69, 9.17) is 11.6 Å². The summed E-state index contributed by atoms with van der Waals surface area (Å²) in [5.41, 5.74) is 0.760. The van der Waals surface area contributed by atoms with Gasteiger partial charge in [0.15, 0.2) is 0 Å². The van der Waals surface area contributed by atoms with E-state index in [0.29, 0.717) is 0 Å². The van der Waals surface area contributed by atoms with E-state index < -0.39 is 0 Å². The second kappa shape index (κ2) is 11.5. The van der Waals surface area contributed by atoms with Crippen LogP contribution < -0.4 is 5.32 Å². The molecule has 1 N–H and O–H groups in total. The van der Waals surface area contributed by atoms with Crippen molar-refractivity contribution in [3.8, 4) is 0 Å². The van der Waals surface area contributed by atoms with E-state index in [1.807, 2.05) is 12.1 Å². The molecule has 0 saturated carbocycles. The molecule has 2 rings (SSSR count). The van der Waals surface area contributed by atoms with Crippen molar-refractivity contribution in [3.05, 3.63) is 34.6 Å². The number of hydrogen-bond donors (Lipinski definition) is 1. The predicted octanol–water partition coefficient (Wildman–Crippen LogP) is 4.85. The number of halogens is 4. The standard InChI is InChI=1S/C16H24ClFN2.2ClH/c1-2-3-4-8-15(20-11-9-19-10-12-20)13-6-5-7-14(17)16(13)18;;/h5-7,15,19H,2-4,8-12H2,1H3;2*1H/t15-;;/m0../s1. The molecule has 1 saturated heterocycles. The average Bonchev–Trinajstić information content (AvgIpc) is 2.48. The van der Waals surface area contributed by atoms with E-state index in [0.717, 1.165) is 44.6 Å². The summed E-state index contributed by atoms with van der Waals surface area (Å²) in [5.74, 6) is -0.241. The van der Waals surface area contributed by atoms with E-state index in [9.17, 15) is 4.39 Å². The van der Waals surface area contributed by atoms with Gasteiger partial charge < -0.3 is 5.32 Å². The fourth-order valence-corrected chi connectivity index (χ4v) is 3.08. The van der Waals surface area contributed by atoms with Crippen LogP contribution in [0, 0.1) is 5.82 Å². The lowest BCUT2D eigenvalue weighted by atomic mass is 9.97. The highest BCUT2D eigenvalue weighted by Gasteiger charge is 2.24. The van der Waals surface area contributed by atoms with Gasteiger partial charge in [0.05, 0.1) is 5.02 Å². The van der Waals surface area contributed by atoms with Crippen LogP contribution in [0.15, 0.2) is 18.2 Å². The Labute approximate surface area is 150 Å². The van der Waals surface area contributed by atoms with Gasteiger partial charge in [-0.3, -0.25) is 4.90 Å². The minimum atomic E-state index is -0.241. The average molecular weight is 372 g/mol. The molecule has 0 aliphatic carbocycles. The zero-order valence-corrected chi connectivity index (χ0v) is 15.4. The quantitative estimate of drug-likeness (QED) is 0.719. The van der Waals surface area contributed by atoms with E-state index in [2.05, 4.69) is 17.1 Å². The molecule has 128 valence electrons. The number of nitrogens with one attached hydrogen (secondary N) is 1. The molecule has 1 aromatic carbocycles. The number of hydrogen-bond acceptors (Lipinski definition) is 2. The maximum Gasteiger partial charge on any atom is 0.146 e. The van der Waals surface area contributed by atoms with Crippen molar-refractivity contribution in [1.82, 2.24) is 10.2 Å². The number of rotatable bonds is 6. The Morgan fingerprint density at radius 2 is 1.91 bits per heavy atom. The van der Waals surface area contributed by atoms with Gasteiger partial charge in [-0.15, -0.1) is 24.8 Å². The first-order chi connectivity index (χ1) is 9.74. The first-order valence-corrected chi connectivity index (χ1v) is 8.00. The number of benzene rings is 1. The predicted molar refractivity (Wildman–Crippen MR) is 97.2 cm³/mol. The van der Waals surface area contributed by atoms with Crippen molar-refractivity contribution in [2.75, 3.05) is 26.2 Å². The van der Waals surface area contributed by atoms with E-state index >= 15 is 0 Å². The molecule has 22 heavy (non-hydrogen) atoms. The van der Waals surface area contributed by atoms with Crippen LogP contribution in [0.2, 0.25) is 5.02 Å².